The average molecular weight is 433 g/mol. The van der Waals surface area contributed by atoms with Crippen LogP contribution in [0, 0.1) is 39.9 Å². The van der Waals surface area contributed by atoms with Crippen molar-refractivity contribution < 1.29 is 29.6 Å². The van der Waals surface area contributed by atoms with Gasteiger partial charge in [-0.2, -0.15) is 0 Å². The zero-order chi connectivity index (χ0) is 22.0. The van der Waals surface area contributed by atoms with Crippen molar-refractivity contribution in [3.63, 3.8) is 0 Å². The number of rotatable bonds is 3. The summed E-state index contributed by atoms with van der Waals surface area (Å²) in [5.74, 6) is -0.973. The van der Waals surface area contributed by atoms with Gasteiger partial charge in [-0.1, -0.05) is 25.5 Å². The molecule has 0 aromatic carbocycles. The number of aliphatic carboxylic acids is 1. The van der Waals surface area contributed by atoms with Gasteiger partial charge in [0.05, 0.1) is 31.3 Å². The van der Waals surface area contributed by atoms with Gasteiger partial charge in [0, 0.05) is 16.7 Å². The van der Waals surface area contributed by atoms with Gasteiger partial charge in [-0.15, -0.1) is 0 Å². The van der Waals surface area contributed by atoms with Crippen molar-refractivity contribution >= 4 is 5.97 Å². The molecule has 1 spiro atoms. The highest BCUT2D eigenvalue weighted by molar-refractivity contribution is 5.69. The molecule has 1 saturated heterocycles. The normalized spacial score (nSPS) is 56.3. The lowest BCUT2D eigenvalue weighted by Gasteiger charge is -2.64. The van der Waals surface area contributed by atoms with Gasteiger partial charge < -0.3 is 24.8 Å². The number of carboxylic acids is 1. The fourth-order valence-corrected chi connectivity index (χ4v) is 9.78. The molecular formula is C25H36O6. The van der Waals surface area contributed by atoms with E-state index in [0.29, 0.717) is 32.0 Å². The van der Waals surface area contributed by atoms with Gasteiger partial charge in [-0.05, 0) is 68.6 Å². The molecule has 172 valence electrons. The molecule has 1 heterocycles. The van der Waals surface area contributed by atoms with Crippen molar-refractivity contribution in [2.45, 2.75) is 83.2 Å². The first kappa shape index (κ1) is 20.6. The molecule has 4 unspecified atom stereocenters. The number of fused-ring (bicyclic) bond motifs is 4. The van der Waals surface area contributed by atoms with E-state index in [0.717, 1.165) is 31.3 Å². The third kappa shape index (κ3) is 2.21. The van der Waals surface area contributed by atoms with E-state index < -0.39 is 22.8 Å². The highest BCUT2D eigenvalue weighted by atomic mass is 16.7. The van der Waals surface area contributed by atoms with Crippen LogP contribution >= 0.6 is 0 Å². The third-order valence-corrected chi connectivity index (χ3v) is 11.3. The fraction of sp³-hybridized carbons (Fsp3) is 0.880. The Morgan fingerprint density at radius 1 is 1.19 bits per heavy atom. The summed E-state index contributed by atoms with van der Waals surface area (Å²) in [5.41, 5.74) is -1.04. The Bertz CT molecular complexity index is 862. The van der Waals surface area contributed by atoms with Crippen LogP contribution in [0.1, 0.15) is 65.7 Å². The molecule has 0 aromatic rings. The highest BCUT2D eigenvalue weighted by Gasteiger charge is 2.79. The van der Waals surface area contributed by atoms with Gasteiger partial charge in [-0.3, -0.25) is 4.79 Å². The van der Waals surface area contributed by atoms with Crippen LogP contribution in [0.2, 0.25) is 0 Å². The quantitative estimate of drug-likeness (QED) is 0.593. The maximum atomic E-state index is 12.3. The molecule has 6 aliphatic rings. The lowest BCUT2D eigenvalue weighted by Crippen LogP contribution is -2.65. The lowest BCUT2D eigenvalue weighted by molar-refractivity contribution is -0.248. The monoisotopic (exact) mass is 432 g/mol. The van der Waals surface area contributed by atoms with Crippen molar-refractivity contribution in [3.05, 3.63) is 11.6 Å². The third-order valence-electron chi connectivity index (χ3n) is 11.3. The van der Waals surface area contributed by atoms with Crippen LogP contribution in [-0.4, -0.2) is 52.0 Å². The Hall–Kier alpha value is -0.950. The average Bonchev–Trinajstić information content (AvgIpc) is 2.93. The first-order valence-electron chi connectivity index (χ1n) is 12.1. The molecule has 6 rings (SSSR count). The number of carbonyl (C=O) groups is 1. The molecule has 0 bridgehead atoms. The van der Waals surface area contributed by atoms with Crippen LogP contribution in [-0.2, 0) is 14.3 Å². The van der Waals surface area contributed by atoms with Gasteiger partial charge in [0.2, 0.25) is 0 Å². The molecule has 6 heteroatoms. The molecule has 1 aliphatic heterocycles. The van der Waals surface area contributed by atoms with Crippen LogP contribution in [0.3, 0.4) is 0 Å². The summed E-state index contributed by atoms with van der Waals surface area (Å²) >= 11 is 0. The minimum atomic E-state index is -1.37. The van der Waals surface area contributed by atoms with E-state index in [1.165, 1.54) is 0 Å². The first-order valence-corrected chi connectivity index (χ1v) is 12.1. The molecule has 5 aliphatic carbocycles. The first-order chi connectivity index (χ1) is 14.5. The SMILES string of the molecule is CC1([C@H]2CC=C3[C@@H]4CC(O)C56CC5CC[C@]6(C)[C@H]4CC(O)(CC(=O)O)[C@@]32C)OCCO1. The Morgan fingerprint density at radius 2 is 1.90 bits per heavy atom. The number of hydrogen-bond acceptors (Lipinski definition) is 5. The lowest BCUT2D eigenvalue weighted by atomic mass is 9.42. The molecule has 9 atom stereocenters. The molecular weight excluding hydrogens is 396 g/mol. The zero-order valence-corrected chi connectivity index (χ0v) is 18.9. The summed E-state index contributed by atoms with van der Waals surface area (Å²) in [6.07, 6.45) is 6.86. The van der Waals surface area contributed by atoms with E-state index in [4.69, 9.17) is 9.47 Å². The van der Waals surface area contributed by atoms with E-state index in [2.05, 4.69) is 13.0 Å². The summed E-state index contributed by atoms with van der Waals surface area (Å²) < 4.78 is 12.1. The van der Waals surface area contributed by atoms with E-state index in [-0.39, 0.29) is 41.1 Å². The van der Waals surface area contributed by atoms with E-state index in [1.54, 1.807) is 0 Å². The maximum absolute atomic E-state index is 12.3. The molecule has 0 aromatic heterocycles. The molecule has 31 heavy (non-hydrogen) atoms. The highest BCUT2D eigenvalue weighted by Crippen LogP contribution is 2.82. The van der Waals surface area contributed by atoms with Crippen molar-refractivity contribution in [3.8, 4) is 0 Å². The number of hydrogen-bond donors (Lipinski definition) is 3. The topological polar surface area (TPSA) is 96.2 Å². The van der Waals surface area contributed by atoms with Gasteiger partial charge in [0.25, 0.3) is 0 Å². The molecule has 0 radical (unpaired) electrons. The van der Waals surface area contributed by atoms with Crippen molar-refractivity contribution in [2.75, 3.05) is 13.2 Å². The van der Waals surface area contributed by atoms with E-state index in [9.17, 15) is 20.1 Å². The van der Waals surface area contributed by atoms with E-state index in [1.807, 2.05) is 13.8 Å². The Labute approximate surface area is 184 Å². The number of aliphatic hydroxyl groups excluding tert-OH is 1. The number of ether oxygens (including phenoxy) is 2. The van der Waals surface area contributed by atoms with Crippen LogP contribution in [0.25, 0.3) is 0 Å². The summed E-state index contributed by atoms with van der Waals surface area (Å²) in [6.45, 7) is 7.34. The predicted octanol–water partition coefficient (Wildman–Crippen LogP) is 3.11. The zero-order valence-electron chi connectivity index (χ0n) is 18.9. The Balaban J connectivity index is 1.47. The van der Waals surface area contributed by atoms with Crippen molar-refractivity contribution in [1.82, 2.24) is 0 Å². The second-order valence-corrected chi connectivity index (χ2v) is 12.0. The molecule has 6 nitrogen and oxygen atoms in total. The van der Waals surface area contributed by atoms with Gasteiger partial charge in [-0.25, -0.2) is 0 Å². The number of carboxylic acid groups (broad SMARTS) is 1. The second-order valence-electron chi connectivity index (χ2n) is 12.0. The van der Waals surface area contributed by atoms with Crippen LogP contribution in [0.15, 0.2) is 11.6 Å². The van der Waals surface area contributed by atoms with Crippen LogP contribution in [0.4, 0.5) is 0 Å². The van der Waals surface area contributed by atoms with Crippen LogP contribution < -0.4 is 0 Å². The van der Waals surface area contributed by atoms with Gasteiger partial charge in [0.15, 0.2) is 5.79 Å². The molecule has 4 saturated carbocycles. The van der Waals surface area contributed by atoms with Crippen molar-refractivity contribution in [1.29, 1.82) is 0 Å². The van der Waals surface area contributed by atoms with Gasteiger partial charge in [0.1, 0.15) is 0 Å². The summed E-state index contributed by atoms with van der Waals surface area (Å²) in [4.78, 5) is 12.0. The minimum Gasteiger partial charge on any atom is -0.481 e. The van der Waals surface area contributed by atoms with Crippen molar-refractivity contribution in [2.24, 2.45) is 39.9 Å². The largest absolute Gasteiger partial charge is 0.481 e. The fourth-order valence-electron chi connectivity index (χ4n) is 9.78. The summed E-state index contributed by atoms with van der Waals surface area (Å²) in [5, 5.41) is 33.5. The van der Waals surface area contributed by atoms with Gasteiger partial charge >= 0.3 is 5.97 Å². The van der Waals surface area contributed by atoms with E-state index >= 15 is 0 Å². The Morgan fingerprint density at radius 3 is 2.55 bits per heavy atom. The number of allylic oxidation sites excluding steroid dienone is 1. The second kappa shape index (κ2) is 5.94. The smallest absolute Gasteiger partial charge is 0.306 e. The minimum absolute atomic E-state index is 0.0196. The summed E-state index contributed by atoms with van der Waals surface area (Å²) in [6, 6.07) is 0. The predicted molar refractivity (Wildman–Crippen MR) is 112 cm³/mol. The molecule has 3 N–H and O–H groups in total. The maximum Gasteiger partial charge on any atom is 0.306 e. The molecule has 5 fully saturated rings. The standard InChI is InChI=1S/C25H36O6/c1-21-7-6-14-11-25(14,21)19(26)10-15-16-4-5-18(23(3)30-8-9-31-23)22(16,2)24(29,12-17(15)21)13-20(27)28/h4,14-15,17-19,26,29H,5-13H2,1-3H3,(H,27,28)/t14?,15-,17-,18-,19?,21+,22-,24?,25?/m0/s1. The summed E-state index contributed by atoms with van der Waals surface area (Å²) in [7, 11) is 0. The number of aliphatic hydroxyl groups is 2. The molecule has 0 amide bonds. The Kier molecular flexibility index (Phi) is 3.95. The van der Waals surface area contributed by atoms with Crippen LogP contribution in [0.5, 0.6) is 0 Å².